The van der Waals surface area contributed by atoms with Crippen LogP contribution in [0.25, 0.3) is 0 Å². The van der Waals surface area contributed by atoms with Crippen molar-refractivity contribution in [3.05, 3.63) is 35.5 Å². The van der Waals surface area contributed by atoms with Crippen LogP contribution in [-0.4, -0.2) is 21.7 Å². The summed E-state index contributed by atoms with van der Waals surface area (Å²) in [6.07, 6.45) is 6.20. The predicted molar refractivity (Wildman–Crippen MR) is 91.7 cm³/mol. The van der Waals surface area contributed by atoms with E-state index in [2.05, 4.69) is 64.8 Å². The standard InChI is InChI=1S/C17H25N5/c1-4-6-7-11-18-15-12-19-22-17(20-15)21-16-13(3)9-8-10-14(16)5-2/h8-10,12H,4-7,11H2,1-3H3,(H2,18,20,21,22). The lowest BCUT2D eigenvalue weighted by Crippen LogP contribution is -2.08. The van der Waals surface area contributed by atoms with E-state index < -0.39 is 0 Å². The number of benzene rings is 1. The molecule has 5 heteroatoms. The quantitative estimate of drug-likeness (QED) is 0.719. The molecule has 0 fully saturated rings. The fourth-order valence-electron chi connectivity index (χ4n) is 2.35. The minimum absolute atomic E-state index is 0.532. The lowest BCUT2D eigenvalue weighted by Gasteiger charge is -2.13. The van der Waals surface area contributed by atoms with Gasteiger partial charge in [0.1, 0.15) is 0 Å². The highest BCUT2D eigenvalue weighted by Crippen LogP contribution is 2.23. The van der Waals surface area contributed by atoms with Gasteiger partial charge in [-0.1, -0.05) is 44.9 Å². The van der Waals surface area contributed by atoms with Crippen LogP contribution in [0.4, 0.5) is 17.5 Å². The highest BCUT2D eigenvalue weighted by Gasteiger charge is 2.07. The Morgan fingerprint density at radius 1 is 1.14 bits per heavy atom. The van der Waals surface area contributed by atoms with E-state index in [1.807, 2.05) is 0 Å². The van der Waals surface area contributed by atoms with E-state index in [4.69, 9.17) is 0 Å². The second-order valence-electron chi connectivity index (χ2n) is 5.39. The maximum Gasteiger partial charge on any atom is 0.249 e. The van der Waals surface area contributed by atoms with Crippen LogP contribution in [0.15, 0.2) is 24.4 Å². The molecule has 22 heavy (non-hydrogen) atoms. The monoisotopic (exact) mass is 299 g/mol. The van der Waals surface area contributed by atoms with E-state index in [0.717, 1.165) is 30.9 Å². The van der Waals surface area contributed by atoms with Gasteiger partial charge in [0.15, 0.2) is 5.82 Å². The number of nitrogens with zero attached hydrogens (tertiary/aromatic N) is 3. The van der Waals surface area contributed by atoms with Gasteiger partial charge in [0.25, 0.3) is 0 Å². The molecular formula is C17H25N5. The molecule has 0 aliphatic rings. The first kappa shape index (κ1) is 16.2. The number of hydrogen-bond donors (Lipinski definition) is 2. The van der Waals surface area contributed by atoms with Crippen LogP contribution in [0, 0.1) is 6.92 Å². The Morgan fingerprint density at radius 2 is 2.00 bits per heavy atom. The summed E-state index contributed by atoms with van der Waals surface area (Å²) in [5.41, 5.74) is 3.52. The van der Waals surface area contributed by atoms with Crippen LogP contribution in [0.5, 0.6) is 0 Å². The zero-order valence-electron chi connectivity index (χ0n) is 13.7. The Labute approximate surface area is 132 Å². The van der Waals surface area contributed by atoms with Gasteiger partial charge in [-0.2, -0.15) is 10.1 Å². The Morgan fingerprint density at radius 3 is 2.77 bits per heavy atom. The first-order chi connectivity index (χ1) is 10.7. The molecule has 0 aliphatic carbocycles. The van der Waals surface area contributed by atoms with Gasteiger partial charge in [-0.05, 0) is 30.9 Å². The summed E-state index contributed by atoms with van der Waals surface area (Å²) in [5, 5.41) is 14.7. The number of rotatable bonds is 8. The second kappa shape index (κ2) is 8.32. The van der Waals surface area contributed by atoms with Gasteiger partial charge < -0.3 is 10.6 Å². The average Bonchev–Trinajstić information content (AvgIpc) is 2.54. The van der Waals surface area contributed by atoms with Crippen LogP contribution in [0.2, 0.25) is 0 Å². The highest BCUT2D eigenvalue weighted by molar-refractivity contribution is 5.63. The van der Waals surface area contributed by atoms with Gasteiger partial charge in [-0.3, -0.25) is 0 Å². The Kier molecular flexibility index (Phi) is 6.13. The predicted octanol–water partition coefficient (Wildman–Crippen LogP) is 4.09. The molecule has 0 aliphatic heterocycles. The molecule has 2 rings (SSSR count). The molecule has 2 aromatic rings. The van der Waals surface area contributed by atoms with Crippen molar-refractivity contribution >= 4 is 17.5 Å². The first-order valence-electron chi connectivity index (χ1n) is 8.03. The third kappa shape index (κ3) is 4.41. The minimum atomic E-state index is 0.532. The lowest BCUT2D eigenvalue weighted by atomic mass is 10.1. The molecule has 0 amide bonds. The van der Waals surface area contributed by atoms with E-state index in [9.17, 15) is 0 Å². The molecule has 2 N–H and O–H groups in total. The van der Waals surface area contributed by atoms with Crippen molar-refractivity contribution in [3.63, 3.8) is 0 Å². The van der Waals surface area contributed by atoms with Crippen molar-refractivity contribution in [1.29, 1.82) is 0 Å². The first-order valence-corrected chi connectivity index (χ1v) is 8.03. The van der Waals surface area contributed by atoms with Crippen LogP contribution in [0.3, 0.4) is 0 Å². The van der Waals surface area contributed by atoms with Crippen LogP contribution in [0.1, 0.15) is 44.2 Å². The molecule has 0 spiro atoms. The number of para-hydroxylation sites is 1. The van der Waals surface area contributed by atoms with Crippen molar-refractivity contribution in [2.45, 2.75) is 46.5 Å². The molecule has 0 atom stereocenters. The van der Waals surface area contributed by atoms with Crippen LogP contribution >= 0.6 is 0 Å². The highest BCUT2D eigenvalue weighted by atomic mass is 15.3. The summed E-state index contributed by atoms with van der Waals surface area (Å²) in [4.78, 5) is 4.49. The normalized spacial score (nSPS) is 10.5. The smallest absolute Gasteiger partial charge is 0.249 e. The maximum absolute atomic E-state index is 4.49. The summed E-state index contributed by atoms with van der Waals surface area (Å²) < 4.78 is 0. The fraction of sp³-hybridized carbons (Fsp3) is 0.471. The molecule has 1 aromatic carbocycles. The molecule has 5 nitrogen and oxygen atoms in total. The van der Waals surface area contributed by atoms with E-state index in [1.54, 1.807) is 6.20 Å². The summed E-state index contributed by atoms with van der Waals surface area (Å²) in [5.74, 6) is 1.30. The van der Waals surface area contributed by atoms with E-state index in [1.165, 1.54) is 24.0 Å². The van der Waals surface area contributed by atoms with E-state index in [-0.39, 0.29) is 0 Å². The van der Waals surface area contributed by atoms with Crippen LogP contribution < -0.4 is 10.6 Å². The zero-order chi connectivity index (χ0) is 15.8. The van der Waals surface area contributed by atoms with Crippen LogP contribution in [-0.2, 0) is 6.42 Å². The molecule has 0 saturated heterocycles. The van der Waals surface area contributed by atoms with Gasteiger partial charge in [0.2, 0.25) is 5.95 Å². The third-order valence-corrected chi connectivity index (χ3v) is 3.62. The number of nitrogens with one attached hydrogen (secondary N) is 2. The summed E-state index contributed by atoms with van der Waals surface area (Å²) in [6.45, 7) is 7.34. The Hall–Kier alpha value is -2.17. The Bertz CT molecular complexity index is 597. The molecule has 118 valence electrons. The molecule has 1 aromatic heterocycles. The van der Waals surface area contributed by atoms with Crippen molar-refractivity contribution in [2.24, 2.45) is 0 Å². The van der Waals surface area contributed by atoms with Crippen molar-refractivity contribution in [2.75, 3.05) is 17.2 Å². The largest absolute Gasteiger partial charge is 0.369 e. The van der Waals surface area contributed by atoms with E-state index >= 15 is 0 Å². The zero-order valence-corrected chi connectivity index (χ0v) is 13.7. The van der Waals surface area contributed by atoms with Gasteiger partial charge in [-0.15, -0.1) is 5.10 Å². The molecule has 0 unspecified atom stereocenters. The summed E-state index contributed by atoms with van der Waals surface area (Å²) in [6, 6.07) is 6.28. The topological polar surface area (TPSA) is 62.7 Å². The fourth-order valence-corrected chi connectivity index (χ4v) is 2.35. The maximum atomic E-state index is 4.49. The summed E-state index contributed by atoms with van der Waals surface area (Å²) in [7, 11) is 0. The van der Waals surface area contributed by atoms with Gasteiger partial charge in [-0.25, -0.2) is 0 Å². The van der Waals surface area contributed by atoms with Crippen molar-refractivity contribution in [1.82, 2.24) is 15.2 Å². The SMILES string of the molecule is CCCCCNc1cnnc(Nc2c(C)cccc2CC)n1. The number of aryl methyl sites for hydroxylation is 2. The molecule has 0 saturated carbocycles. The third-order valence-electron chi connectivity index (χ3n) is 3.62. The van der Waals surface area contributed by atoms with Gasteiger partial charge >= 0.3 is 0 Å². The molecule has 0 radical (unpaired) electrons. The number of aromatic nitrogens is 3. The lowest BCUT2D eigenvalue weighted by molar-refractivity contribution is 0.741. The van der Waals surface area contributed by atoms with Crippen molar-refractivity contribution in [3.8, 4) is 0 Å². The second-order valence-corrected chi connectivity index (χ2v) is 5.39. The number of anilines is 3. The molecular weight excluding hydrogens is 274 g/mol. The minimum Gasteiger partial charge on any atom is -0.369 e. The number of unbranched alkanes of at least 4 members (excludes halogenated alkanes) is 2. The average molecular weight is 299 g/mol. The molecule has 1 heterocycles. The Balaban J connectivity index is 2.07. The van der Waals surface area contributed by atoms with Gasteiger partial charge in [0.05, 0.1) is 6.20 Å². The van der Waals surface area contributed by atoms with Gasteiger partial charge in [0, 0.05) is 12.2 Å². The van der Waals surface area contributed by atoms with E-state index in [0.29, 0.717) is 5.95 Å². The number of hydrogen-bond acceptors (Lipinski definition) is 5. The summed E-state index contributed by atoms with van der Waals surface area (Å²) >= 11 is 0. The van der Waals surface area contributed by atoms with Crippen molar-refractivity contribution < 1.29 is 0 Å². The molecule has 0 bridgehead atoms.